The Morgan fingerprint density at radius 1 is 1.14 bits per heavy atom. The van der Waals surface area contributed by atoms with Crippen LogP contribution < -0.4 is 5.32 Å². The first kappa shape index (κ1) is 25.0. The number of halogens is 3. The molecular weight excluding hydrogens is 541 g/mol. The molecule has 184 valence electrons. The highest BCUT2D eigenvalue weighted by molar-refractivity contribution is 7.17. The summed E-state index contributed by atoms with van der Waals surface area (Å²) in [5.41, 5.74) is 3.74. The molecule has 0 radical (unpaired) electrons. The van der Waals surface area contributed by atoms with Gasteiger partial charge in [-0.1, -0.05) is 65.1 Å². The zero-order valence-corrected chi connectivity index (χ0v) is 21.8. The van der Waals surface area contributed by atoms with Gasteiger partial charge in [-0.25, -0.2) is 4.68 Å². The number of aliphatic hydroxyl groups is 1. The largest absolute Gasteiger partial charge is 0.394 e. The van der Waals surface area contributed by atoms with E-state index in [0.717, 1.165) is 21.7 Å². The van der Waals surface area contributed by atoms with Gasteiger partial charge in [0.25, 0.3) is 5.91 Å². The van der Waals surface area contributed by atoms with Gasteiger partial charge in [0.05, 0.1) is 46.6 Å². The summed E-state index contributed by atoms with van der Waals surface area (Å²) in [6.45, 7) is 0.257. The Labute approximate surface area is 226 Å². The summed E-state index contributed by atoms with van der Waals surface area (Å²) < 4.78 is 8.19. The molecular formula is C26H20Cl3N3O3S. The molecule has 3 heterocycles. The van der Waals surface area contributed by atoms with Crippen molar-refractivity contribution in [3.8, 4) is 5.69 Å². The SMILES string of the molecule is O=C(N[C@H](CO)c1ccccc1)c1nn(-c2ccc(Cl)cc2Cl)c2c1COCC2=Cc1ccc(Cl)s1. The summed E-state index contributed by atoms with van der Waals surface area (Å²) in [7, 11) is 0. The maximum absolute atomic E-state index is 13.5. The minimum atomic E-state index is -0.591. The van der Waals surface area contributed by atoms with Crippen LogP contribution in [0.1, 0.15) is 38.2 Å². The van der Waals surface area contributed by atoms with Crippen LogP contribution in [0.15, 0.2) is 60.7 Å². The molecule has 2 aromatic heterocycles. The Bertz CT molecular complexity index is 1450. The molecule has 1 amide bonds. The van der Waals surface area contributed by atoms with Crippen LogP contribution in [0.5, 0.6) is 0 Å². The summed E-state index contributed by atoms with van der Waals surface area (Å²) in [6, 6.07) is 17.5. The van der Waals surface area contributed by atoms with Gasteiger partial charge in [0, 0.05) is 21.0 Å². The van der Waals surface area contributed by atoms with E-state index in [4.69, 9.17) is 39.5 Å². The van der Waals surface area contributed by atoms with Crippen molar-refractivity contribution < 1.29 is 14.6 Å². The van der Waals surface area contributed by atoms with Gasteiger partial charge >= 0.3 is 0 Å². The van der Waals surface area contributed by atoms with E-state index < -0.39 is 11.9 Å². The predicted octanol–water partition coefficient (Wildman–Crippen LogP) is 6.43. The maximum atomic E-state index is 13.5. The molecule has 2 aromatic carbocycles. The van der Waals surface area contributed by atoms with E-state index in [1.165, 1.54) is 11.3 Å². The lowest BCUT2D eigenvalue weighted by molar-refractivity contribution is 0.0903. The molecule has 1 aliphatic heterocycles. The third-order valence-electron chi connectivity index (χ3n) is 5.74. The van der Waals surface area contributed by atoms with Crippen LogP contribution >= 0.6 is 46.1 Å². The van der Waals surface area contributed by atoms with Gasteiger partial charge in [0.15, 0.2) is 5.69 Å². The van der Waals surface area contributed by atoms with Gasteiger partial charge in [-0.2, -0.15) is 5.10 Å². The smallest absolute Gasteiger partial charge is 0.272 e. The number of benzene rings is 2. The van der Waals surface area contributed by atoms with Gasteiger partial charge in [0.1, 0.15) is 0 Å². The number of nitrogens with one attached hydrogen (secondary N) is 1. The molecule has 0 bridgehead atoms. The summed E-state index contributed by atoms with van der Waals surface area (Å²) >= 11 is 20.3. The van der Waals surface area contributed by atoms with Crippen LogP contribution in [0.2, 0.25) is 14.4 Å². The molecule has 0 spiro atoms. The van der Waals surface area contributed by atoms with E-state index in [9.17, 15) is 9.90 Å². The van der Waals surface area contributed by atoms with E-state index >= 15 is 0 Å². The van der Waals surface area contributed by atoms with Crippen LogP contribution in [0.3, 0.4) is 0 Å². The number of hydrogen-bond acceptors (Lipinski definition) is 5. The van der Waals surface area contributed by atoms with Crippen molar-refractivity contribution in [2.24, 2.45) is 0 Å². The highest BCUT2D eigenvalue weighted by Gasteiger charge is 2.30. The van der Waals surface area contributed by atoms with Gasteiger partial charge in [-0.15, -0.1) is 11.3 Å². The van der Waals surface area contributed by atoms with E-state index in [-0.39, 0.29) is 18.9 Å². The van der Waals surface area contributed by atoms with Crippen molar-refractivity contribution in [1.29, 1.82) is 0 Å². The minimum absolute atomic E-state index is 0.195. The Morgan fingerprint density at radius 3 is 2.64 bits per heavy atom. The fourth-order valence-electron chi connectivity index (χ4n) is 4.09. The quantitative estimate of drug-likeness (QED) is 0.285. The molecule has 0 fully saturated rings. The number of hydrogen-bond donors (Lipinski definition) is 2. The Hall–Kier alpha value is -2.65. The third-order valence-corrected chi connectivity index (χ3v) is 7.46. The summed E-state index contributed by atoms with van der Waals surface area (Å²) in [5, 5.41) is 18.4. The molecule has 0 unspecified atom stereocenters. The molecule has 10 heteroatoms. The first-order valence-electron chi connectivity index (χ1n) is 11.0. The molecule has 0 saturated carbocycles. The molecule has 36 heavy (non-hydrogen) atoms. The molecule has 0 aliphatic carbocycles. The molecule has 5 rings (SSSR count). The second kappa shape index (κ2) is 10.8. The number of aliphatic hydroxyl groups excluding tert-OH is 1. The molecule has 1 aliphatic rings. The fourth-order valence-corrected chi connectivity index (χ4v) is 5.61. The normalized spacial score (nSPS) is 15.1. The van der Waals surface area contributed by atoms with Gasteiger partial charge in [0.2, 0.25) is 0 Å². The average Bonchev–Trinajstić information content (AvgIpc) is 3.47. The van der Waals surface area contributed by atoms with Crippen molar-refractivity contribution in [3.05, 3.63) is 102 Å². The average molecular weight is 561 g/mol. The number of ether oxygens (including phenoxy) is 1. The zero-order valence-electron chi connectivity index (χ0n) is 18.7. The maximum Gasteiger partial charge on any atom is 0.272 e. The number of carbonyl (C=O) groups is 1. The molecule has 2 N–H and O–H groups in total. The number of fused-ring (bicyclic) bond motifs is 1. The number of amides is 1. The van der Waals surface area contributed by atoms with E-state index in [1.807, 2.05) is 48.5 Å². The summed E-state index contributed by atoms with van der Waals surface area (Å²) in [4.78, 5) is 14.4. The van der Waals surface area contributed by atoms with Crippen LogP contribution in [-0.2, 0) is 11.3 Å². The first-order valence-corrected chi connectivity index (χ1v) is 13.0. The van der Waals surface area contributed by atoms with Crippen LogP contribution in [0.4, 0.5) is 0 Å². The second-order valence-electron chi connectivity index (χ2n) is 8.11. The lowest BCUT2D eigenvalue weighted by atomic mass is 10.0. The minimum Gasteiger partial charge on any atom is -0.394 e. The fraction of sp³-hybridized carbons (Fsp3) is 0.154. The molecule has 6 nitrogen and oxygen atoms in total. The van der Waals surface area contributed by atoms with Crippen molar-refractivity contribution in [2.45, 2.75) is 12.6 Å². The number of rotatable bonds is 6. The van der Waals surface area contributed by atoms with Crippen LogP contribution in [-0.4, -0.2) is 34.0 Å². The topological polar surface area (TPSA) is 76.4 Å². The van der Waals surface area contributed by atoms with Crippen LogP contribution in [0, 0.1) is 0 Å². The summed E-state index contributed by atoms with van der Waals surface area (Å²) in [6.07, 6.45) is 1.97. The van der Waals surface area contributed by atoms with Crippen molar-refractivity contribution in [2.75, 3.05) is 13.2 Å². The number of carbonyl (C=O) groups excluding carboxylic acids is 1. The highest BCUT2D eigenvalue weighted by Crippen LogP contribution is 2.36. The number of nitrogens with zero attached hydrogens (tertiary/aromatic N) is 2. The lowest BCUT2D eigenvalue weighted by Gasteiger charge is -2.20. The predicted molar refractivity (Wildman–Crippen MR) is 144 cm³/mol. The van der Waals surface area contributed by atoms with Crippen molar-refractivity contribution in [1.82, 2.24) is 15.1 Å². The first-order chi connectivity index (χ1) is 17.4. The highest BCUT2D eigenvalue weighted by atomic mass is 35.5. The zero-order chi connectivity index (χ0) is 25.2. The number of aromatic nitrogens is 2. The molecule has 0 saturated heterocycles. The Morgan fingerprint density at radius 2 is 1.94 bits per heavy atom. The Kier molecular flexibility index (Phi) is 7.48. The second-order valence-corrected chi connectivity index (χ2v) is 10.7. The van der Waals surface area contributed by atoms with E-state index in [2.05, 4.69) is 10.4 Å². The summed E-state index contributed by atoms with van der Waals surface area (Å²) in [5.74, 6) is -0.429. The van der Waals surface area contributed by atoms with Gasteiger partial charge < -0.3 is 15.2 Å². The van der Waals surface area contributed by atoms with E-state index in [0.29, 0.717) is 32.2 Å². The lowest BCUT2D eigenvalue weighted by Crippen LogP contribution is -2.32. The monoisotopic (exact) mass is 559 g/mol. The number of thiophene rings is 1. The standard InChI is InChI=1S/C26H20Cl3N3O3S/c27-17-6-8-22(20(28)11-17)32-25-16(10-18-7-9-23(29)36-18)13-35-14-19(25)24(31-32)26(34)30-21(12-33)15-4-2-1-3-5-15/h1-11,21,33H,12-14H2,(H,30,34)/t21-/m1/s1. The third kappa shape index (κ3) is 5.09. The van der Waals surface area contributed by atoms with Crippen LogP contribution in [0.25, 0.3) is 17.3 Å². The van der Waals surface area contributed by atoms with E-state index in [1.54, 1.807) is 22.9 Å². The Balaban J connectivity index is 1.62. The van der Waals surface area contributed by atoms with Crippen molar-refractivity contribution in [3.63, 3.8) is 0 Å². The van der Waals surface area contributed by atoms with Gasteiger partial charge in [-0.05, 0) is 42.0 Å². The van der Waals surface area contributed by atoms with Crippen molar-refractivity contribution >= 4 is 63.7 Å². The molecule has 4 aromatic rings. The molecule has 1 atom stereocenters. The van der Waals surface area contributed by atoms with Gasteiger partial charge in [-0.3, -0.25) is 4.79 Å².